The van der Waals surface area contributed by atoms with E-state index in [1.54, 1.807) is 44.7 Å². The van der Waals surface area contributed by atoms with Gasteiger partial charge in [-0.05, 0) is 43.2 Å². The molecular formula is C11H21P. The molecule has 0 N–H and O–H groups in total. The van der Waals surface area contributed by atoms with E-state index < -0.39 is 0 Å². The van der Waals surface area contributed by atoms with Crippen molar-refractivity contribution in [3.8, 4) is 0 Å². The molecule has 12 heavy (non-hydrogen) atoms. The van der Waals surface area contributed by atoms with Gasteiger partial charge in [-0.25, -0.2) is 0 Å². The van der Waals surface area contributed by atoms with Crippen LogP contribution in [0.1, 0.15) is 51.9 Å². The second-order valence-electron chi connectivity index (χ2n) is 4.41. The smallest absolute Gasteiger partial charge is 0.0207 e. The predicted octanol–water partition coefficient (Wildman–Crippen LogP) is 3.98. The largest absolute Gasteiger partial charge is 0.100 e. The van der Waals surface area contributed by atoms with Crippen molar-refractivity contribution in [2.75, 3.05) is 6.16 Å². The van der Waals surface area contributed by atoms with Crippen LogP contribution in [-0.4, -0.2) is 17.5 Å². The molecule has 0 aromatic rings. The highest BCUT2D eigenvalue weighted by atomic mass is 31.1. The van der Waals surface area contributed by atoms with Crippen molar-refractivity contribution in [3.63, 3.8) is 0 Å². The molecule has 2 rings (SSSR count). The molecule has 1 heteroatoms. The summed E-state index contributed by atoms with van der Waals surface area (Å²) in [6.45, 7) is 2.37. The van der Waals surface area contributed by atoms with Crippen molar-refractivity contribution in [3.05, 3.63) is 0 Å². The van der Waals surface area contributed by atoms with Crippen molar-refractivity contribution < 1.29 is 0 Å². The van der Waals surface area contributed by atoms with E-state index in [9.17, 15) is 0 Å². The second-order valence-corrected chi connectivity index (χ2v) is 7.34. The van der Waals surface area contributed by atoms with Crippen LogP contribution in [0.2, 0.25) is 0 Å². The molecule has 2 aliphatic heterocycles. The quantitative estimate of drug-likeness (QED) is 0.569. The van der Waals surface area contributed by atoms with Crippen LogP contribution < -0.4 is 0 Å². The summed E-state index contributed by atoms with van der Waals surface area (Å²) in [6, 6.07) is 0. The lowest BCUT2D eigenvalue weighted by Gasteiger charge is -2.43. The molecule has 0 aromatic carbocycles. The average molecular weight is 184 g/mol. The van der Waals surface area contributed by atoms with E-state index in [2.05, 4.69) is 6.92 Å². The van der Waals surface area contributed by atoms with Crippen LogP contribution in [0.25, 0.3) is 0 Å². The highest BCUT2D eigenvalue weighted by Gasteiger charge is 2.34. The summed E-state index contributed by atoms with van der Waals surface area (Å²) in [7, 11) is 0.490. The van der Waals surface area contributed by atoms with Crippen molar-refractivity contribution in [1.29, 1.82) is 0 Å². The standard InChI is InChI=1S/C11H21P/c1-2-9-12-10-5-3-6-11(12)8-4-7-10/h10-11H,2-9H2,1H3. The van der Waals surface area contributed by atoms with Crippen LogP contribution in [0.5, 0.6) is 0 Å². The first-order chi connectivity index (χ1) is 5.92. The van der Waals surface area contributed by atoms with Gasteiger partial charge in [-0.1, -0.05) is 26.2 Å². The molecule has 2 fully saturated rings. The maximum Gasteiger partial charge on any atom is -0.0207 e. The summed E-state index contributed by atoms with van der Waals surface area (Å²) in [4.78, 5) is 0. The van der Waals surface area contributed by atoms with Gasteiger partial charge in [0.1, 0.15) is 0 Å². The fourth-order valence-corrected chi connectivity index (χ4v) is 6.95. The van der Waals surface area contributed by atoms with Gasteiger partial charge in [-0.2, -0.15) is 0 Å². The Labute approximate surface area is 77.9 Å². The zero-order chi connectivity index (χ0) is 8.39. The molecule has 0 amide bonds. The molecule has 70 valence electrons. The Hall–Kier alpha value is 0.430. The molecule has 0 radical (unpaired) electrons. The SMILES string of the molecule is CCCP1C2CCCC1CCC2. The molecule has 2 aliphatic rings. The third-order valence-electron chi connectivity index (χ3n) is 3.57. The third-order valence-corrected chi connectivity index (χ3v) is 7.44. The highest BCUT2D eigenvalue weighted by Crippen LogP contribution is 2.59. The number of hydrogen-bond donors (Lipinski definition) is 0. The first-order valence-electron chi connectivity index (χ1n) is 5.67. The Morgan fingerprint density at radius 2 is 1.50 bits per heavy atom. The van der Waals surface area contributed by atoms with Gasteiger partial charge in [-0.15, -0.1) is 7.92 Å². The zero-order valence-electron chi connectivity index (χ0n) is 8.26. The van der Waals surface area contributed by atoms with E-state index >= 15 is 0 Å². The molecule has 2 heterocycles. The minimum absolute atomic E-state index is 0.490. The van der Waals surface area contributed by atoms with Crippen LogP contribution >= 0.6 is 7.92 Å². The van der Waals surface area contributed by atoms with E-state index in [1.807, 2.05) is 0 Å². The van der Waals surface area contributed by atoms with Gasteiger partial charge in [-0.3, -0.25) is 0 Å². The number of fused-ring (bicyclic) bond motifs is 2. The van der Waals surface area contributed by atoms with E-state index in [-0.39, 0.29) is 0 Å². The lowest BCUT2D eigenvalue weighted by Crippen LogP contribution is -2.27. The molecule has 2 saturated heterocycles. The minimum Gasteiger partial charge on any atom is -0.100 e. The van der Waals surface area contributed by atoms with Crippen LogP contribution in [0.15, 0.2) is 0 Å². The second kappa shape index (κ2) is 4.09. The van der Waals surface area contributed by atoms with Gasteiger partial charge < -0.3 is 0 Å². The van der Waals surface area contributed by atoms with Gasteiger partial charge in [0.15, 0.2) is 0 Å². The summed E-state index contributed by atoms with van der Waals surface area (Å²) in [5.41, 5.74) is 2.40. The van der Waals surface area contributed by atoms with Crippen molar-refractivity contribution in [1.82, 2.24) is 0 Å². The topological polar surface area (TPSA) is 0 Å². The van der Waals surface area contributed by atoms with Crippen molar-refractivity contribution >= 4 is 7.92 Å². The van der Waals surface area contributed by atoms with Crippen LogP contribution in [0.3, 0.4) is 0 Å². The van der Waals surface area contributed by atoms with E-state index in [0.29, 0.717) is 7.92 Å². The Morgan fingerprint density at radius 1 is 1.00 bits per heavy atom. The average Bonchev–Trinajstić information content (AvgIpc) is 2.04. The van der Waals surface area contributed by atoms with Gasteiger partial charge >= 0.3 is 0 Å². The maximum atomic E-state index is 2.37. The molecule has 0 saturated carbocycles. The normalized spacial score (nSPS) is 41.2. The first-order valence-corrected chi connectivity index (χ1v) is 7.34. The van der Waals surface area contributed by atoms with Crippen molar-refractivity contribution in [2.45, 2.75) is 63.2 Å². The molecule has 0 nitrogen and oxygen atoms in total. The summed E-state index contributed by atoms with van der Waals surface area (Å²) >= 11 is 0. The third kappa shape index (κ3) is 1.69. The number of rotatable bonds is 2. The Morgan fingerprint density at radius 3 is 1.92 bits per heavy atom. The molecule has 2 bridgehead atoms. The maximum absolute atomic E-state index is 2.37. The fourth-order valence-electron chi connectivity index (χ4n) is 3.05. The Balaban J connectivity index is 1.98. The first kappa shape index (κ1) is 9.00. The molecule has 0 aromatic heterocycles. The monoisotopic (exact) mass is 184 g/mol. The predicted molar refractivity (Wildman–Crippen MR) is 57.4 cm³/mol. The molecule has 0 atom stereocenters. The van der Waals surface area contributed by atoms with Crippen LogP contribution in [0.4, 0.5) is 0 Å². The Kier molecular flexibility index (Phi) is 3.07. The summed E-state index contributed by atoms with van der Waals surface area (Å²) in [5, 5.41) is 0. The summed E-state index contributed by atoms with van der Waals surface area (Å²) in [5.74, 6) is 0. The molecule has 0 unspecified atom stereocenters. The van der Waals surface area contributed by atoms with Gasteiger partial charge in [0.25, 0.3) is 0 Å². The van der Waals surface area contributed by atoms with E-state index in [4.69, 9.17) is 0 Å². The lowest BCUT2D eigenvalue weighted by atomic mass is 9.99. The van der Waals surface area contributed by atoms with Crippen LogP contribution in [-0.2, 0) is 0 Å². The number of hydrogen-bond acceptors (Lipinski definition) is 0. The van der Waals surface area contributed by atoms with Crippen LogP contribution in [0, 0.1) is 0 Å². The van der Waals surface area contributed by atoms with Crippen molar-refractivity contribution in [2.24, 2.45) is 0 Å². The van der Waals surface area contributed by atoms with Gasteiger partial charge in [0, 0.05) is 0 Å². The highest BCUT2D eigenvalue weighted by molar-refractivity contribution is 7.59. The molecule has 0 spiro atoms. The summed E-state index contributed by atoms with van der Waals surface area (Å²) in [6.07, 6.45) is 12.5. The fraction of sp³-hybridized carbons (Fsp3) is 1.00. The zero-order valence-corrected chi connectivity index (χ0v) is 9.15. The molecule has 0 aliphatic carbocycles. The van der Waals surface area contributed by atoms with Gasteiger partial charge in [0.05, 0.1) is 0 Å². The van der Waals surface area contributed by atoms with Gasteiger partial charge in [0.2, 0.25) is 0 Å². The Bertz CT molecular complexity index is 122. The minimum atomic E-state index is 0.490. The van der Waals surface area contributed by atoms with E-state index in [0.717, 1.165) is 0 Å². The van der Waals surface area contributed by atoms with E-state index in [1.165, 1.54) is 17.7 Å². The molecular weight excluding hydrogens is 163 g/mol. The summed E-state index contributed by atoms with van der Waals surface area (Å²) < 4.78 is 0. The lowest BCUT2D eigenvalue weighted by molar-refractivity contribution is 0.474.